The second-order valence-electron chi connectivity index (χ2n) is 10.1. The molecule has 190 valence electrons. The molecule has 3 heterocycles. The Labute approximate surface area is 200 Å². The molecule has 4 rings (SSSR count). The first kappa shape index (κ1) is 24.8. The number of aromatic nitrogens is 2. The zero-order valence-electron chi connectivity index (χ0n) is 20.2. The van der Waals surface area contributed by atoms with Gasteiger partial charge in [0, 0.05) is 19.0 Å². The number of piperidine rings is 1. The van der Waals surface area contributed by atoms with Crippen LogP contribution in [0.25, 0.3) is 11.0 Å². The van der Waals surface area contributed by atoms with Crippen LogP contribution in [0, 0.1) is 19.8 Å². The first-order valence-corrected chi connectivity index (χ1v) is 11.3. The van der Waals surface area contributed by atoms with Crippen molar-refractivity contribution in [2.24, 2.45) is 5.92 Å². The standard InChI is InChI=1S/C23H28F3N5O4/c1-12-10-15-16(11-13(12)2)31-19(27-15)28-18(33)22(31,23(24,25)26)29-17(32)14-6-8-30(9-7-14)20(34)35-21(3,4)5/h10-11,14H,6-9H2,1-5H3,(H,29,32)(H,27,28,33). The number of fused-ring (bicyclic) bond motifs is 3. The molecule has 0 spiro atoms. The van der Waals surface area contributed by atoms with Crippen LogP contribution in [-0.2, 0) is 20.0 Å². The molecule has 2 aliphatic heterocycles. The Balaban J connectivity index is 1.61. The number of carbonyl (C=O) groups excluding carboxylic acids is 3. The van der Waals surface area contributed by atoms with E-state index < -0.39 is 41.3 Å². The third kappa shape index (κ3) is 4.19. The number of rotatable bonds is 2. The Kier molecular flexibility index (Phi) is 5.76. The van der Waals surface area contributed by atoms with Gasteiger partial charge in [-0.05, 0) is 70.7 Å². The molecule has 12 heteroatoms. The fourth-order valence-electron chi connectivity index (χ4n) is 4.42. The van der Waals surface area contributed by atoms with Gasteiger partial charge in [-0.2, -0.15) is 13.2 Å². The van der Waals surface area contributed by atoms with Crippen LogP contribution in [0.2, 0.25) is 0 Å². The monoisotopic (exact) mass is 495 g/mol. The van der Waals surface area contributed by atoms with E-state index in [2.05, 4.69) is 10.3 Å². The number of nitrogens with one attached hydrogen (secondary N) is 2. The van der Waals surface area contributed by atoms with Crippen LogP contribution in [-0.4, -0.2) is 57.2 Å². The molecule has 3 amide bonds. The molecule has 2 aliphatic rings. The number of amides is 3. The lowest BCUT2D eigenvalue weighted by molar-refractivity contribution is -0.218. The molecule has 0 saturated carbocycles. The number of aryl methyl sites for hydroxylation is 2. The number of alkyl halides is 3. The largest absolute Gasteiger partial charge is 0.444 e. The Morgan fingerprint density at radius 2 is 1.74 bits per heavy atom. The zero-order chi connectivity index (χ0) is 25.9. The van der Waals surface area contributed by atoms with E-state index in [9.17, 15) is 27.6 Å². The van der Waals surface area contributed by atoms with E-state index in [1.54, 1.807) is 40.7 Å². The average Bonchev–Trinajstić information content (AvgIpc) is 3.20. The number of ether oxygens (including phenoxy) is 1. The number of benzene rings is 1. The zero-order valence-corrected chi connectivity index (χ0v) is 20.2. The first-order valence-electron chi connectivity index (χ1n) is 11.3. The van der Waals surface area contributed by atoms with Crippen LogP contribution in [0.4, 0.5) is 23.9 Å². The molecular formula is C23H28F3N5O4. The predicted octanol–water partition coefficient (Wildman–Crippen LogP) is 3.58. The lowest BCUT2D eigenvalue weighted by Crippen LogP contribution is -2.64. The van der Waals surface area contributed by atoms with Crippen molar-refractivity contribution in [2.45, 2.75) is 64.9 Å². The maximum Gasteiger partial charge on any atom is 0.440 e. The topological polar surface area (TPSA) is 106 Å². The maximum absolute atomic E-state index is 14.6. The summed E-state index contributed by atoms with van der Waals surface area (Å²) in [6.07, 6.45) is -5.42. The predicted molar refractivity (Wildman–Crippen MR) is 121 cm³/mol. The first-order chi connectivity index (χ1) is 16.1. The molecule has 1 aromatic heterocycles. The molecule has 0 bridgehead atoms. The minimum absolute atomic E-state index is 0.0822. The molecule has 1 atom stereocenters. The number of likely N-dealkylation sites (tertiary alicyclic amines) is 1. The molecule has 0 aliphatic carbocycles. The van der Waals surface area contributed by atoms with Gasteiger partial charge >= 0.3 is 12.3 Å². The van der Waals surface area contributed by atoms with Crippen LogP contribution < -0.4 is 10.6 Å². The van der Waals surface area contributed by atoms with E-state index in [4.69, 9.17) is 4.74 Å². The minimum Gasteiger partial charge on any atom is -0.444 e. The molecule has 1 aromatic carbocycles. The molecule has 1 unspecified atom stereocenters. The SMILES string of the molecule is Cc1cc2nc3n(c2cc1C)C(NC(=O)C1CCN(C(=O)OC(C)(C)C)CC1)(C(F)(F)F)C(=O)N3. The average molecular weight is 496 g/mol. The third-order valence-electron chi connectivity index (χ3n) is 6.39. The summed E-state index contributed by atoms with van der Waals surface area (Å²) >= 11 is 0. The van der Waals surface area contributed by atoms with Crippen LogP contribution in [0.15, 0.2) is 12.1 Å². The molecule has 2 N–H and O–H groups in total. The van der Waals surface area contributed by atoms with E-state index in [0.29, 0.717) is 0 Å². The van der Waals surface area contributed by atoms with Crippen molar-refractivity contribution >= 4 is 34.9 Å². The number of hydrogen-bond donors (Lipinski definition) is 2. The highest BCUT2D eigenvalue weighted by Crippen LogP contribution is 2.44. The van der Waals surface area contributed by atoms with E-state index in [0.717, 1.165) is 15.7 Å². The highest BCUT2D eigenvalue weighted by molar-refractivity contribution is 6.05. The maximum atomic E-state index is 14.6. The number of anilines is 1. The van der Waals surface area contributed by atoms with Crippen molar-refractivity contribution in [3.63, 3.8) is 0 Å². The quantitative estimate of drug-likeness (QED) is 0.663. The van der Waals surface area contributed by atoms with E-state index in [1.807, 2.05) is 5.32 Å². The molecule has 35 heavy (non-hydrogen) atoms. The van der Waals surface area contributed by atoms with E-state index in [1.165, 1.54) is 11.0 Å². The van der Waals surface area contributed by atoms with Crippen molar-refractivity contribution in [1.82, 2.24) is 19.8 Å². The number of hydrogen-bond acceptors (Lipinski definition) is 5. The van der Waals surface area contributed by atoms with Crippen LogP contribution in [0.5, 0.6) is 0 Å². The number of nitrogens with zero attached hydrogens (tertiary/aromatic N) is 3. The van der Waals surface area contributed by atoms with Crippen molar-refractivity contribution < 1.29 is 32.3 Å². The van der Waals surface area contributed by atoms with Gasteiger partial charge in [0.25, 0.3) is 11.6 Å². The Morgan fingerprint density at radius 1 is 1.14 bits per heavy atom. The van der Waals surface area contributed by atoms with Crippen molar-refractivity contribution in [3.8, 4) is 0 Å². The smallest absolute Gasteiger partial charge is 0.440 e. The number of imidazole rings is 1. The fraction of sp³-hybridized carbons (Fsp3) is 0.565. The molecule has 0 radical (unpaired) electrons. The van der Waals surface area contributed by atoms with Crippen molar-refractivity contribution in [3.05, 3.63) is 23.3 Å². The molecule has 2 aromatic rings. The summed E-state index contributed by atoms with van der Waals surface area (Å²) in [6.45, 7) is 9.03. The van der Waals surface area contributed by atoms with Crippen LogP contribution in [0.1, 0.15) is 44.7 Å². The number of carbonyl (C=O) groups is 3. The van der Waals surface area contributed by atoms with Crippen LogP contribution in [0.3, 0.4) is 0 Å². The summed E-state index contributed by atoms with van der Waals surface area (Å²) in [5.41, 5.74) is -2.12. The van der Waals surface area contributed by atoms with Gasteiger partial charge in [0.15, 0.2) is 0 Å². The highest BCUT2D eigenvalue weighted by Gasteiger charge is 2.68. The Hall–Kier alpha value is -3.31. The lowest BCUT2D eigenvalue weighted by Gasteiger charge is -2.36. The highest BCUT2D eigenvalue weighted by atomic mass is 19.4. The van der Waals surface area contributed by atoms with Crippen LogP contribution >= 0.6 is 0 Å². The fourth-order valence-corrected chi connectivity index (χ4v) is 4.42. The normalized spacial score (nSPS) is 21.1. The van der Waals surface area contributed by atoms with Gasteiger partial charge in [-0.25, -0.2) is 9.78 Å². The van der Waals surface area contributed by atoms with Crippen molar-refractivity contribution in [1.29, 1.82) is 0 Å². The summed E-state index contributed by atoms with van der Waals surface area (Å²) in [5, 5.41) is 4.20. The summed E-state index contributed by atoms with van der Waals surface area (Å²) in [5.74, 6) is -3.44. The Morgan fingerprint density at radius 3 is 2.31 bits per heavy atom. The number of halogens is 3. The molecule has 9 nitrogen and oxygen atoms in total. The van der Waals surface area contributed by atoms with E-state index >= 15 is 0 Å². The van der Waals surface area contributed by atoms with Gasteiger partial charge in [0.1, 0.15) is 5.60 Å². The van der Waals surface area contributed by atoms with Gasteiger partial charge in [-0.1, -0.05) is 0 Å². The van der Waals surface area contributed by atoms with Crippen molar-refractivity contribution in [2.75, 3.05) is 18.4 Å². The van der Waals surface area contributed by atoms with E-state index in [-0.39, 0.29) is 42.9 Å². The molecule has 1 fully saturated rings. The van der Waals surface area contributed by atoms with Gasteiger partial charge in [0.2, 0.25) is 11.9 Å². The Bertz CT molecular complexity index is 1210. The second-order valence-corrected chi connectivity index (χ2v) is 10.1. The molecular weight excluding hydrogens is 467 g/mol. The lowest BCUT2D eigenvalue weighted by atomic mass is 9.95. The summed E-state index contributed by atoms with van der Waals surface area (Å²) in [4.78, 5) is 43.7. The third-order valence-corrected chi connectivity index (χ3v) is 6.39. The summed E-state index contributed by atoms with van der Waals surface area (Å²) in [7, 11) is 0. The minimum atomic E-state index is -5.15. The molecule has 1 saturated heterocycles. The summed E-state index contributed by atoms with van der Waals surface area (Å²) in [6, 6.07) is 3.16. The van der Waals surface area contributed by atoms with Gasteiger partial charge in [0.05, 0.1) is 11.0 Å². The van der Waals surface area contributed by atoms with Gasteiger partial charge in [-0.15, -0.1) is 0 Å². The van der Waals surface area contributed by atoms with Gasteiger partial charge < -0.3 is 15.0 Å². The summed E-state index contributed by atoms with van der Waals surface area (Å²) < 4.78 is 49.8. The second kappa shape index (κ2) is 8.13. The van der Waals surface area contributed by atoms with Gasteiger partial charge in [-0.3, -0.25) is 19.5 Å².